The van der Waals surface area contributed by atoms with E-state index in [2.05, 4.69) is 39.0 Å². The van der Waals surface area contributed by atoms with E-state index in [1.807, 2.05) is 24.3 Å². The molecule has 4 rings (SSSR count). The number of aliphatic hydroxyl groups excluding tert-OH is 1. The van der Waals surface area contributed by atoms with Gasteiger partial charge in [-0.25, -0.2) is 0 Å². The Kier molecular flexibility index (Phi) is 6.70. The van der Waals surface area contributed by atoms with Gasteiger partial charge in [0, 0.05) is 5.56 Å². The van der Waals surface area contributed by atoms with E-state index in [1.165, 1.54) is 16.0 Å². The first-order valence-electron chi connectivity index (χ1n) is 11.3. The number of rotatable bonds is 7. The summed E-state index contributed by atoms with van der Waals surface area (Å²) in [6.07, 6.45) is -0.460. The molecule has 1 saturated heterocycles. The molecule has 0 saturated carbocycles. The van der Waals surface area contributed by atoms with Gasteiger partial charge in [0.25, 0.3) is 0 Å². The van der Waals surface area contributed by atoms with Crippen molar-refractivity contribution >= 4 is 0 Å². The van der Waals surface area contributed by atoms with Crippen LogP contribution in [0.15, 0.2) is 42.5 Å². The molecule has 0 spiro atoms. The minimum Gasteiger partial charge on any atom is -0.490 e. The van der Waals surface area contributed by atoms with Crippen LogP contribution in [0.2, 0.25) is 0 Å². The van der Waals surface area contributed by atoms with Gasteiger partial charge in [-0.2, -0.15) is 0 Å². The van der Waals surface area contributed by atoms with Crippen LogP contribution in [0, 0.1) is 0 Å². The van der Waals surface area contributed by atoms with Crippen molar-refractivity contribution in [1.29, 1.82) is 0 Å². The van der Waals surface area contributed by atoms with Crippen molar-refractivity contribution in [2.24, 2.45) is 0 Å². The number of fused-ring (bicyclic) bond motifs is 1. The van der Waals surface area contributed by atoms with Crippen molar-refractivity contribution in [3.8, 4) is 17.2 Å². The van der Waals surface area contributed by atoms with Gasteiger partial charge in [-0.05, 0) is 35.2 Å². The summed E-state index contributed by atoms with van der Waals surface area (Å²) in [7, 11) is 0. The molecule has 2 aliphatic rings. The summed E-state index contributed by atoms with van der Waals surface area (Å²) in [5.74, 6) is 2.58. The van der Waals surface area contributed by atoms with Crippen LogP contribution in [-0.4, -0.2) is 57.3 Å². The average Bonchev–Trinajstić information content (AvgIpc) is 3.21. The van der Waals surface area contributed by atoms with Gasteiger partial charge in [0.1, 0.15) is 57.7 Å². The van der Waals surface area contributed by atoms with Gasteiger partial charge in [0.2, 0.25) is 6.79 Å². The fourth-order valence-electron chi connectivity index (χ4n) is 4.47. The molecule has 2 aliphatic heterocycles. The van der Waals surface area contributed by atoms with Gasteiger partial charge in [0.05, 0.1) is 0 Å². The van der Waals surface area contributed by atoms with Crippen LogP contribution in [0.1, 0.15) is 31.9 Å². The second-order valence-corrected chi connectivity index (χ2v) is 9.78. The lowest BCUT2D eigenvalue weighted by Gasteiger charge is -2.31. The Hall–Kier alpha value is -2.28. The molecule has 1 fully saturated rings. The van der Waals surface area contributed by atoms with Crippen molar-refractivity contribution in [2.75, 3.05) is 46.1 Å². The topological polar surface area (TPSA) is 56.8 Å². The highest BCUT2D eigenvalue weighted by Gasteiger charge is 2.26. The normalized spacial score (nSPS) is 21.7. The van der Waals surface area contributed by atoms with Gasteiger partial charge in [-0.15, -0.1) is 0 Å². The van der Waals surface area contributed by atoms with Gasteiger partial charge in [-0.1, -0.05) is 39.0 Å². The fourth-order valence-corrected chi connectivity index (χ4v) is 4.47. The number of quaternary nitrogens is 2. The van der Waals surface area contributed by atoms with E-state index in [4.69, 9.17) is 14.2 Å². The zero-order valence-corrected chi connectivity index (χ0v) is 18.9. The highest BCUT2D eigenvalue weighted by Crippen LogP contribution is 2.32. The number of hydrogen-bond donors (Lipinski definition) is 3. The van der Waals surface area contributed by atoms with Gasteiger partial charge >= 0.3 is 0 Å². The van der Waals surface area contributed by atoms with E-state index in [0.29, 0.717) is 13.4 Å². The number of aliphatic hydroxyl groups is 1. The third-order valence-electron chi connectivity index (χ3n) is 6.21. The monoisotopic (exact) mass is 428 g/mol. The molecule has 31 heavy (non-hydrogen) atoms. The smallest absolute Gasteiger partial charge is 0.231 e. The number of nitrogens with one attached hydrogen (secondary N) is 2. The van der Waals surface area contributed by atoms with Crippen LogP contribution in [0.5, 0.6) is 17.2 Å². The minimum absolute atomic E-state index is 0.0177. The summed E-state index contributed by atoms with van der Waals surface area (Å²) in [5, 5.41) is 10.6. The molecule has 3 N–H and O–H groups in total. The van der Waals surface area contributed by atoms with E-state index in [9.17, 15) is 5.11 Å². The Morgan fingerprint density at radius 2 is 1.68 bits per heavy atom. The third-order valence-corrected chi connectivity index (χ3v) is 6.21. The molecule has 1 atom stereocenters. The Morgan fingerprint density at radius 1 is 0.968 bits per heavy atom. The molecule has 2 aromatic carbocycles. The van der Waals surface area contributed by atoms with E-state index < -0.39 is 6.10 Å². The summed E-state index contributed by atoms with van der Waals surface area (Å²) in [5.41, 5.74) is 2.48. The molecule has 2 aromatic rings. The molecule has 0 amide bonds. The minimum atomic E-state index is -0.460. The maximum absolute atomic E-state index is 10.6. The first kappa shape index (κ1) is 21.9. The van der Waals surface area contributed by atoms with Crippen molar-refractivity contribution < 1.29 is 29.1 Å². The Bertz CT molecular complexity index is 872. The predicted molar refractivity (Wildman–Crippen MR) is 119 cm³/mol. The quantitative estimate of drug-likeness (QED) is 0.599. The summed E-state index contributed by atoms with van der Waals surface area (Å²) < 4.78 is 16.9. The standard InChI is InChI=1S/C25H34N2O4/c1-25(2,3)21-6-4-5-7-22(21)29-17-20(28)16-27-12-10-26(11-13-27)15-19-8-9-23-24(14-19)31-18-30-23/h4-9,14,20,28H,10-13,15-18H2,1-3H3/p+2. The number of para-hydroxylation sites is 1. The van der Waals surface area contributed by atoms with Crippen LogP contribution < -0.4 is 24.0 Å². The lowest BCUT2D eigenvalue weighted by molar-refractivity contribution is -1.02. The van der Waals surface area contributed by atoms with Crippen LogP contribution in [-0.2, 0) is 12.0 Å². The van der Waals surface area contributed by atoms with E-state index in [1.54, 1.807) is 4.90 Å². The van der Waals surface area contributed by atoms with Crippen LogP contribution in [0.4, 0.5) is 0 Å². The molecule has 0 aromatic heterocycles. The molecule has 0 aliphatic carbocycles. The largest absolute Gasteiger partial charge is 0.490 e. The lowest BCUT2D eigenvalue weighted by atomic mass is 9.86. The fraction of sp³-hybridized carbons (Fsp3) is 0.520. The lowest BCUT2D eigenvalue weighted by Crippen LogP contribution is -3.28. The molecule has 168 valence electrons. The van der Waals surface area contributed by atoms with Crippen molar-refractivity contribution in [3.05, 3.63) is 53.6 Å². The molecule has 0 bridgehead atoms. The third kappa shape index (κ3) is 5.70. The predicted octanol–water partition coefficient (Wildman–Crippen LogP) is 0.436. The molecule has 0 radical (unpaired) electrons. The zero-order valence-electron chi connectivity index (χ0n) is 18.9. The zero-order chi connectivity index (χ0) is 21.8. The molecule has 1 unspecified atom stereocenters. The highest BCUT2D eigenvalue weighted by molar-refractivity contribution is 5.44. The molecule has 6 nitrogen and oxygen atoms in total. The first-order valence-corrected chi connectivity index (χ1v) is 11.3. The summed E-state index contributed by atoms with van der Waals surface area (Å²) in [6, 6.07) is 14.4. The van der Waals surface area contributed by atoms with Crippen molar-refractivity contribution in [1.82, 2.24) is 0 Å². The van der Waals surface area contributed by atoms with E-state index >= 15 is 0 Å². The van der Waals surface area contributed by atoms with E-state index in [0.717, 1.165) is 56.5 Å². The second kappa shape index (κ2) is 9.47. The second-order valence-electron chi connectivity index (χ2n) is 9.78. The molecule has 2 heterocycles. The average molecular weight is 429 g/mol. The van der Waals surface area contributed by atoms with Crippen LogP contribution in [0.3, 0.4) is 0 Å². The Labute approximate surface area is 185 Å². The molecule has 6 heteroatoms. The number of piperazine rings is 1. The van der Waals surface area contributed by atoms with Crippen LogP contribution >= 0.6 is 0 Å². The molecular formula is C25H36N2O4+2. The maximum Gasteiger partial charge on any atom is 0.231 e. The molecular weight excluding hydrogens is 392 g/mol. The summed E-state index contributed by atoms with van der Waals surface area (Å²) >= 11 is 0. The van der Waals surface area contributed by atoms with E-state index in [-0.39, 0.29) is 5.41 Å². The first-order chi connectivity index (χ1) is 14.9. The highest BCUT2D eigenvalue weighted by atomic mass is 16.7. The van der Waals surface area contributed by atoms with Gasteiger partial charge in [-0.3, -0.25) is 0 Å². The summed E-state index contributed by atoms with van der Waals surface area (Å²) in [4.78, 5) is 3.03. The number of benzene rings is 2. The van der Waals surface area contributed by atoms with Gasteiger partial charge < -0.3 is 29.1 Å². The number of hydrogen-bond acceptors (Lipinski definition) is 4. The Morgan fingerprint density at radius 3 is 2.45 bits per heavy atom. The Balaban J connectivity index is 1.21. The maximum atomic E-state index is 10.6. The van der Waals surface area contributed by atoms with Crippen molar-refractivity contribution in [2.45, 2.75) is 38.8 Å². The van der Waals surface area contributed by atoms with Gasteiger partial charge in [0.15, 0.2) is 11.5 Å². The number of ether oxygens (including phenoxy) is 3. The van der Waals surface area contributed by atoms with Crippen LogP contribution in [0.25, 0.3) is 0 Å². The van der Waals surface area contributed by atoms with Crippen molar-refractivity contribution in [3.63, 3.8) is 0 Å². The SMILES string of the molecule is CC(C)(C)c1ccccc1OCC(O)C[NH+]1CC[NH+](Cc2ccc3c(c2)OCO3)CC1. The summed E-state index contributed by atoms with van der Waals surface area (Å²) in [6.45, 7) is 13.3.